The number of aliphatic hydroxyl groups excluding tert-OH is 1. The van der Waals surface area contributed by atoms with Gasteiger partial charge in [-0.25, -0.2) is 0 Å². The molecule has 1 atom stereocenters. The first-order chi connectivity index (χ1) is 6.11. The van der Waals surface area contributed by atoms with Crippen LogP contribution in [0.4, 0.5) is 4.39 Å². The third-order valence-corrected chi connectivity index (χ3v) is 1.78. The SMILES string of the molecule is CC1(F)Oc2ccc(CO)cc2O1. The highest BCUT2D eigenvalue weighted by atomic mass is 19.2. The minimum absolute atomic E-state index is 0.0976. The van der Waals surface area contributed by atoms with Crippen LogP contribution in [0.3, 0.4) is 0 Å². The Morgan fingerprint density at radius 3 is 2.77 bits per heavy atom. The van der Waals surface area contributed by atoms with Crippen molar-refractivity contribution >= 4 is 0 Å². The summed E-state index contributed by atoms with van der Waals surface area (Å²) in [7, 11) is 0. The van der Waals surface area contributed by atoms with Crippen LogP contribution < -0.4 is 9.47 Å². The zero-order valence-electron chi connectivity index (χ0n) is 7.08. The number of hydrogen-bond donors (Lipinski definition) is 1. The Kier molecular flexibility index (Phi) is 1.66. The Labute approximate surface area is 74.7 Å². The Balaban J connectivity index is 2.36. The van der Waals surface area contributed by atoms with Crippen LogP contribution in [0, 0.1) is 0 Å². The molecule has 4 heteroatoms. The average molecular weight is 184 g/mol. The van der Waals surface area contributed by atoms with E-state index in [-0.39, 0.29) is 6.61 Å². The topological polar surface area (TPSA) is 38.7 Å². The largest absolute Gasteiger partial charge is 0.423 e. The summed E-state index contributed by atoms with van der Waals surface area (Å²) in [6.45, 7) is 1.09. The van der Waals surface area contributed by atoms with Crippen molar-refractivity contribution in [1.82, 2.24) is 0 Å². The molecule has 3 nitrogen and oxygen atoms in total. The van der Waals surface area contributed by atoms with Gasteiger partial charge in [0.2, 0.25) is 0 Å². The van der Waals surface area contributed by atoms with Gasteiger partial charge in [-0.05, 0) is 17.7 Å². The van der Waals surface area contributed by atoms with E-state index < -0.39 is 6.04 Å². The molecule has 1 aromatic rings. The van der Waals surface area contributed by atoms with Gasteiger partial charge in [-0.1, -0.05) is 6.07 Å². The Morgan fingerprint density at radius 1 is 1.38 bits per heavy atom. The Hall–Kier alpha value is -1.29. The van der Waals surface area contributed by atoms with Crippen LogP contribution in [0.25, 0.3) is 0 Å². The Morgan fingerprint density at radius 2 is 2.08 bits per heavy atom. The fraction of sp³-hybridized carbons (Fsp3) is 0.333. The molecule has 1 heterocycles. The fourth-order valence-electron chi connectivity index (χ4n) is 1.23. The van der Waals surface area contributed by atoms with Crippen molar-refractivity contribution in [3.8, 4) is 11.5 Å². The molecule has 0 saturated carbocycles. The van der Waals surface area contributed by atoms with Crippen LogP contribution in [-0.2, 0) is 6.61 Å². The van der Waals surface area contributed by atoms with Crippen LogP contribution in [0.1, 0.15) is 12.5 Å². The minimum atomic E-state index is -2.09. The molecule has 1 aliphatic rings. The summed E-state index contributed by atoms with van der Waals surface area (Å²) in [4.78, 5) is 0. The molecule has 1 unspecified atom stereocenters. The lowest BCUT2D eigenvalue weighted by Gasteiger charge is -2.10. The first kappa shape index (κ1) is 8.31. The quantitative estimate of drug-likeness (QED) is 0.720. The van der Waals surface area contributed by atoms with Crippen molar-refractivity contribution < 1.29 is 19.0 Å². The van der Waals surface area contributed by atoms with Crippen LogP contribution in [0.2, 0.25) is 0 Å². The van der Waals surface area contributed by atoms with Gasteiger partial charge in [-0.2, -0.15) is 4.39 Å². The molecule has 0 aromatic heterocycles. The van der Waals surface area contributed by atoms with Gasteiger partial charge in [0.15, 0.2) is 11.5 Å². The van der Waals surface area contributed by atoms with Crippen molar-refractivity contribution in [3.63, 3.8) is 0 Å². The summed E-state index contributed by atoms with van der Waals surface area (Å²) < 4.78 is 22.8. The maximum absolute atomic E-state index is 13.1. The van der Waals surface area contributed by atoms with Gasteiger partial charge in [0, 0.05) is 6.92 Å². The summed E-state index contributed by atoms with van der Waals surface area (Å²) >= 11 is 0. The first-order valence-corrected chi connectivity index (χ1v) is 3.91. The average Bonchev–Trinajstić information content (AvgIpc) is 2.36. The molecule has 0 radical (unpaired) electrons. The number of hydrogen-bond acceptors (Lipinski definition) is 3. The zero-order valence-corrected chi connectivity index (χ0v) is 7.08. The maximum Gasteiger partial charge on any atom is 0.404 e. The summed E-state index contributed by atoms with van der Waals surface area (Å²) in [6.07, 6.45) is 0. The highest BCUT2D eigenvalue weighted by molar-refractivity contribution is 5.45. The molecular weight excluding hydrogens is 175 g/mol. The molecule has 0 fully saturated rings. The van der Waals surface area contributed by atoms with Crippen LogP contribution in [-0.4, -0.2) is 11.1 Å². The normalized spacial score (nSPS) is 24.8. The van der Waals surface area contributed by atoms with E-state index in [4.69, 9.17) is 14.6 Å². The van der Waals surface area contributed by atoms with Gasteiger partial charge in [-0.3, -0.25) is 0 Å². The second kappa shape index (κ2) is 2.60. The van der Waals surface area contributed by atoms with Crippen molar-refractivity contribution in [2.75, 3.05) is 0 Å². The van der Waals surface area contributed by atoms with E-state index in [1.54, 1.807) is 18.2 Å². The van der Waals surface area contributed by atoms with Crippen LogP contribution >= 0.6 is 0 Å². The van der Waals surface area contributed by atoms with Gasteiger partial charge >= 0.3 is 6.04 Å². The molecule has 0 amide bonds. The molecule has 0 spiro atoms. The van der Waals surface area contributed by atoms with E-state index in [2.05, 4.69) is 0 Å². The predicted molar refractivity (Wildman–Crippen MR) is 43.1 cm³/mol. The molecular formula is C9H9FO3. The van der Waals surface area contributed by atoms with Crippen LogP contribution in [0.5, 0.6) is 11.5 Å². The number of ether oxygens (including phenoxy) is 2. The molecule has 13 heavy (non-hydrogen) atoms. The zero-order chi connectivity index (χ0) is 9.47. The van der Waals surface area contributed by atoms with Gasteiger partial charge in [0.1, 0.15) is 0 Å². The lowest BCUT2D eigenvalue weighted by Crippen LogP contribution is -2.27. The monoisotopic (exact) mass is 184 g/mol. The number of halogens is 1. The number of alkyl halides is 1. The Bertz CT molecular complexity index is 336. The van der Waals surface area contributed by atoms with Gasteiger partial charge in [-0.15, -0.1) is 0 Å². The number of benzene rings is 1. The van der Waals surface area contributed by atoms with Crippen molar-refractivity contribution in [3.05, 3.63) is 23.8 Å². The van der Waals surface area contributed by atoms with Gasteiger partial charge in [0.25, 0.3) is 0 Å². The van der Waals surface area contributed by atoms with Crippen molar-refractivity contribution in [2.24, 2.45) is 0 Å². The number of aliphatic hydroxyl groups is 1. The van der Waals surface area contributed by atoms with Gasteiger partial charge in [0.05, 0.1) is 6.61 Å². The first-order valence-electron chi connectivity index (χ1n) is 3.91. The van der Waals surface area contributed by atoms with Gasteiger partial charge < -0.3 is 14.6 Å². The minimum Gasteiger partial charge on any atom is -0.423 e. The summed E-state index contributed by atoms with van der Waals surface area (Å²) in [6, 6.07) is 2.70. The van der Waals surface area contributed by atoms with E-state index >= 15 is 0 Å². The fourth-order valence-corrected chi connectivity index (χ4v) is 1.23. The van der Waals surface area contributed by atoms with Crippen LogP contribution in [0.15, 0.2) is 18.2 Å². The molecule has 1 N–H and O–H groups in total. The summed E-state index contributed by atoms with van der Waals surface area (Å²) in [5.41, 5.74) is 0.667. The number of fused-ring (bicyclic) bond motifs is 1. The molecule has 2 rings (SSSR count). The smallest absolute Gasteiger partial charge is 0.404 e. The molecule has 0 saturated heterocycles. The third-order valence-electron chi connectivity index (χ3n) is 1.78. The second-order valence-corrected chi connectivity index (χ2v) is 2.98. The summed E-state index contributed by atoms with van der Waals surface area (Å²) in [5, 5.41) is 8.81. The maximum atomic E-state index is 13.1. The highest BCUT2D eigenvalue weighted by Gasteiger charge is 2.36. The molecule has 70 valence electrons. The van der Waals surface area contributed by atoms with E-state index in [1.807, 2.05) is 0 Å². The summed E-state index contributed by atoms with van der Waals surface area (Å²) in [5.74, 6) is 0.693. The standard InChI is InChI=1S/C9H9FO3/c1-9(10)12-7-3-2-6(5-11)4-8(7)13-9/h2-4,11H,5H2,1H3. The molecule has 0 bridgehead atoms. The predicted octanol–water partition coefficient (Wildman–Crippen LogP) is 1.59. The lowest BCUT2D eigenvalue weighted by atomic mass is 10.2. The highest BCUT2D eigenvalue weighted by Crippen LogP contribution is 2.40. The van der Waals surface area contributed by atoms with E-state index in [0.29, 0.717) is 17.1 Å². The number of rotatable bonds is 1. The van der Waals surface area contributed by atoms with Crippen molar-refractivity contribution in [2.45, 2.75) is 19.6 Å². The van der Waals surface area contributed by atoms with Crippen molar-refractivity contribution in [1.29, 1.82) is 0 Å². The molecule has 0 aliphatic carbocycles. The molecule has 1 aliphatic heterocycles. The van der Waals surface area contributed by atoms with E-state index in [0.717, 1.165) is 0 Å². The molecule has 1 aromatic carbocycles. The second-order valence-electron chi connectivity index (χ2n) is 2.98. The third kappa shape index (κ3) is 1.45. The van der Waals surface area contributed by atoms with E-state index in [9.17, 15) is 4.39 Å². The lowest BCUT2D eigenvalue weighted by molar-refractivity contribution is -0.173. The van der Waals surface area contributed by atoms with E-state index in [1.165, 1.54) is 6.92 Å².